The fourth-order valence-corrected chi connectivity index (χ4v) is 6.26. The van der Waals surface area contributed by atoms with Gasteiger partial charge in [-0.25, -0.2) is 0 Å². The molecule has 3 aliphatic rings. The van der Waals surface area contributed by atoms with E-state index in [0.717, 1.165) is 17.5 Å². The quantitative estimate of drug-likeness (QED) is 0.304. The molecule has 1 aromatic rings. The maximum absolute atomic E-state index is 12.7. The Hall–Kier alpha value is -1.81. The van der Waals surface area contributed by atoms with Gasteiger partial charge in [-0.05, 0) is 24.3 Å². The normalized spacial score (nSPS) is 34.9. The van der Waals surface area contributed by atoms with E-state index in [9.17, 15) is 24.5 Å². The van der Waals surface area contributed by atoms with Gasteiger partial charge in [-0.15, -0.1) is 0 Å². The Bertz CT molecular complexity index is 815. The van der Waals surface area contributed by atoms with E-state index in [2.05, 4.69) is 37.3 Å². The minimum atomic E-state index is -0.728. The lowest BCUT2D eigenvalue weighted by Crippen LogP contribution is -2.47. The Balaban J connectivity index is 1.56. The second-order valence-electron chi connectivity index (χ2n) is 6.76. The van der Waals surface area contributed by atoms with E-state index in [0.29, 0.717) is 0 Å². The molecule has 8 nitrogen and oxygen atoms in total. The third-order valence-corrected chi connectivity index (χ3v) is 8.73. The van der Waals surface area contributed by atoms with Gasteiger partial charge in [0.1, 0.15) is 0 Å². The summed E-state index contributed by atoms with van der Waals surface area (Å²) < 4.78 is 0. The summed E-state index contributed by atoms with van der Waals surface area (Å²) in [5.74, 6) is -2.32. The van der Waals surface area contributed by atoms with Gasteiger partial charge in [-0.2, -0.15) is 5.01 Å². The van der Waals surface area contributed by atoms with E-state index in [-0.39, 0.29) is 32.7 Å². The summed E-state index contributed by atoms with van der Waals surface area (Å²) in [6, 6.07) is 5.13. The molecule has 2 bridgehead atoms. The number of non-ortho nitro benzene ring substituents is 1. The topological polar surface area (TPSA) is 110 Å². The zero-order valence-electron chi connectivity index (χ0n) is 13.2. The number of carbonyl (C=O) groups excluding carboxylic acids is 3. The number of nitrogens with one attached hydrogen (secondary N) is 1. The smallest absolute Gasteiger partial charge is 0.270 e. The predicted molar refractivity (Wildman–Crippen MR) is 96.4 cm³/mol. The number of nitro groups is 1. The SMILES string of the molecule is O=C(NN1C(=O)[C@@H]2[C@H]3C[C@@H]([C@H](Br)[C@H]3Br)[C@@H]2C1=O)c1cccc([N+](=O)[O-])c1. The first-order valence-corrected chi connectivity index (χ1v) is 9.85. The van der Waals surface area contributed by atoms with Crippen LogP contribution in [-0.4, -0.2) is 37.3 Å². The number of halogens is 2. The van der Waals surface area contributed by atoms with Crippen LogP contribution < -0.4 is 5.43 Å². The van der Waals surface area contributed by atoms with Gasteiger partial charge in [0.2, 0.25) is 0 Å². The van der Waals surface area contributed by atoms with Gasteiger partial charge in [0.15, 0.2) is 0 Å². The van der Waals surface area contributed by atoms with E-state index in [1.54, 1.807) is 0 Å². The molecule has 1 saturated heterocycles. The lowest BCUT2D eigenvalue weighted by Gasteiger charge is -2.28. The Morgan fingerprint density at radius 2 is 1.73 bits per heavy atom. The van der Waals surface area contributed by atoms with Crippen molar-refractivity contribution < 1.29 is 19.3 Å². The van der Waals surface area contributed by atoms with Crippen molar-refractivity contribution in [3.63, 3.8) is 0 Å². The highest BCUT2D eigenvalue weighted by molar-refractivity contribution is 9.12. The Labute approximate surface area is 164 Å². The van der Waals surface area contributed by atoms with Gasteiger partial charge in [-0.1, -0.05) is 37.9 Å². The average Bonchev–Trinajstić information content (AvgIpc) is 3.22. The van der Waals surface area contributed by atoms with Crippen LogP contribution in [0.25, 0.3) is 0 Å². The summed E-state index contributed by atoms with van der Waals surface area (Å²) in [5, 5.41) is 11.6. The number of hydrazine groups is 1. The van der Waals surface area contributed by atoms with Gasteiger partial charge in [0.05, 0.1) is 16.8 Å². The minimum absolute atomic E-state index is 0.0107. The van der Waals surface area contributed by atoms with Crippen LogP contribution in [-0.2, 0) is 9.59 Å². The number of alkyl halides is 2. The number of nitro benzene ring substituents is 1. The predicted octanol–water partition coefficient (Wildman–Crippen LogP) is 2.02. The van der Waals surface area contributed by atoms with Gasteiger partial charge in [0, 0.05) is 27.4 Å². The standard InChI is InChI=1S/C16H13Br2N3O5/c17-12-8-5-9(13(12)18)11-10(8)15(23)20(16(11)24)19-14(22)6-2-1-3-7(4-6)21(25)26/h1-4,8-13H,5H2,(H,19,22)/t8-,9-,10-,11+,12+,13+/m1/s1. The number of carbonyl (C=O) groups is 3. The first-order chi connectivity index (χ1) is 12.3. The van der Waals surface area contributed by atoms with Crippen molar-refractivity contribution in [3.05, 3.63) is 39.9 Å². The van der Waals surface area contributed by atoms with Gasteiger partial charge >= 0.3 is 0 Å². The highest BCUT2D eigenvalue weighted by Gasteiger charge is 2.66. The molecule has 3 fully saturated rings. The molecular weight excluding hydrogens is 474 g/mol. The molecule has 136 valence electrons. The van der Waals surface area contributed by atoms with Gasteiger partial charge in [-0.3, -0.25) is 29.9 Å². The zero-order chi connectivity index (χ0) is 18.7. The highest BCUT2D eigenvalue weighted by Crippen LogP contribution is 2.59. The molecule has 2 saturated carbocycles. The molecule has 10 heteroatoms. The third kappa shape index (κ3) is 2.42. The van der Waals surface area contributed by atoms with Crippen molar-refractivity contribution in [1.29, 1.82) is 0 Å². The number of hydrogen-bond donors (Lipinski definition) is 1. The fourth-order valence-electron chi connectivity index (χ4n) is 4.39. The van der Waals surface area contributed by atoms with Gasteiger partial charge < -0.3 is 0 Å². The van der Waals surface area contributed by atoms with Crippen LogP contribution in [0.15, 0.2) is 24.3 Å². The number of hydrogen-bond acceptors (Lipinski definition) is 5. The Morgan fingerprint density at radius 1 is 1.15 bits per heavy atom. The first kappa shape index (κ1) is 17.6. The molecule has 0 unspecified atom stereocenters. The second-order valence-corrected chi connectivity index (χ2v) is 8.88. The molecule has 4 rings (SSSR count). The van der Waals surface area contributed by atoms with Crippen molar-refractivity contribution in [1.82, 2.24) is 10.4 Å². The monoisotopic (exact) mass is 485 g/mol. The van der Waals surface area contributed by atoms with Crippen LogP contribution in [0.3, 0.4) is 0 Å². The summed E-state index contributed by atoms with van der Waals surface area (Å²) >= 11 is 7.19. The van der Waals surface area contributed by atoms with Crippen LogP contribution in [0.2, 0.25) is 0 Å². The zero-order valence-corrected chi connectivity index (χ0v) is 16.3. The van der Waals surface area contributed by atoms with E-state index in [1.807, 2.05) is 0 Å². The minimum Gasteiger partial charge on any atom is -0.272 e. The van der Waals surface area contributed by atoms with Crippen molar-refractivity contribution in [3.8, 4) is 0 Å². The Morgan fingerprint density at radius 3 is 2.27 bits per heavy atom. The maximum atomic E-state index is 12.7. The average molecular weight is 487 g/mol. The molecule has 0 spiro atoms. The van der Waals surface area contributed by atoms with Gasteiger partial charge in [0.25, 0.3) is 23.4 Å². The molecular formula is C16H13Br2N3O5. The molecule has 2 aliphatic carbocycles. The highest BCUT2D eigenvalue weighted by atomic mass is 79.9. The van der Waals surface area contributed by atoms with Crippen molar-refractivity contribution >= 4 is 55.3 Å². The summed E-state index contributed by atoms with van der Waals surface area (Å²) in [5.41, 5.74) is 2.10. The number of imide groups is 1. The van der Waals surface area contributed by atoms with Crippen LogP contribution in [0.4, 0.5) is 5.69 Å². The molecule has 0 aromatic heterocycles. The molecule has 1 heterocycles. The second kappa shape index (κ2) is 6.12. The largest absolute Gasteiger partial charge is 0.272 e. The summed E-state index contributed by atoms with van der Waals surface area (Å²) in [6.07, 6.45) is 0.797. The number of rotatable bonds is 3. The molecule has 1 N–H and O–H groups in total. The van der Waals surface area contributed by atoms with Crippen LogP contribution >= 0.6 is 31.9 Å². The molecule has 1 aromatic carbocycles. The lowest BCUT2D eigenvalue weighted by atomic mass is 9.81. The first-order valence-electron chi connectivity index (χ1n) is 8.02. The Kier molecular flexibility index (Phi) is 4.14. The summed E-state index contributed by atoms with van der Waals surface area (Å²) in [7, 11) is 0. The number of amides is 3. The molecule has 1 aliphatic heterocycles. The van der Waals surface area contributed by atoms with Crippen LogP contribution in [0, 0.1) is 33.8 Å². The van der Waals surface area contributed by atoms with E-state index in [4.69, 9.17) is 0 Å². The molecule has 26 heavy (non-hydrogen) atoms. The molecule has 6 atom stereocenters. The van der Waals surface area contributed by atoms with E-state index < -0.39 is 34.5 Å². The molecule has 3 amide bonds. The van der Waals surface area contributed by atoms with Crippen LogP contribution in [0.1, 0.15) is 16.8 Å². The fraction of sp³-hybridized carbons (Fsp3) is 0.438. The van der Waals surface area contributed by atoms with E-state index in [1.165, 1.54) is 18.2 Å². The lowest BCUT2D eigenvalue weighted by molar-refractivity contribution is -0.384. The van der Waals surface area contributed by atoms with Crippen molar-refractivity contribution in [2.45, 2.75) is 16.1 Å². The van der Waals surface area contributed by atoms with Crippen molar-refractivity contribution in [2.75, 3.05) is 0 Å². The maximum Gasteiger partial charge on any atom is 0.270 e. The van der Waals surface area contributed by atoms with Crippen molar-refractivity contribution in [2.24, 2.45) is 23.7 Å². The number of fused-ring (bicyclic) bond motifs is 5. The summed E-state index contributed by atoms with van der Waals surface area (Å²) in [4.78, 5) is 48.3. The van der Waals surface area contributed by atoms with Crippen LogP contribution in [0.5, 0.6) is 0 Å². The van der Waals surface area contributed by atoms with E-state index >= 15 is 0 Å². The number of nitrogens with zero attached hydrogens (tertiary/aromatic N) is 2. The molecule has 0 radical (unpaired) electrons. The third-order valence-electron chi connectivity index (χ3n) is 5.52. The number of benzene rings is 1. The summed E-state index contributed by atoms with van der Waals surface area (Å²) in [6.45, 7) is 0.